The largest absolute Gasteiger partial charge is 0.367 e. The molecule has 1 aromatic carbocycles. The Labute approximate surface area is 186 Å². The molecular formula is C22H25N7O2S. The average molecular weight is 452 g/mol. The van der Waals surface area contributed by atoms with Crippen LogP contribution in [0.5, 0.6) is 0 Å². The van der Waals surface area contributed by atoms with Gasteiger partial charge in [-0.25, -0.2) is 12.4 Å². The van der Waals surface area contributed by atoms with Gasteiger partial charge < -0.3 is 10.6 Å². The molecule has 166 valence electrons. The van der Waals surface area contributed by atoms with Gasteiger partial charge in [-0.1, -0.05) is 17.7 Å². The highest BCUT2D eigenvalue weighted by Crippen LogP contribution is 2.35. The molecule has 3 heterocycles. The van der Waals surface area contributed by atoms with Crippen molar-refractivity contribution in [1.29, 1.82) is 0 Å². The topological polar surface area (TPSA) is 107 Å². The van der Waals surface area contributed by atoms with E-state index in [0.717, 1.165) is 5.56 Å². The Kier molecular flexibility index (Phi) is 4.89. The summed E-state index contributed by atoms with van der Waals surface area (Å²) in [7, 11) is -2.00. The van der Waals surface area contributed by atoms with E-state index in [1.54, 1.807) is 47.4 Å². The van der Waals surface area contributed by atoms with Crippen LogP contribution < -0.4 is 10.6 Å². The van der Waals surface area contributed by atoms with E-state index in [0.29, 0.717) is 34.4 Å². The second kappa shape index (κ2) is 7.63. The van der Waals surface area contributed by atoms with Gasteiger partial charge in [-0.2, -0.15) is 15.1 Å². The highest BCUT2D eigenvalue weighted by molar-refractivity contribution is 7.90. The van der Waals surface area contributed by atoms with Crippen LogP contribution in [0, 0.1) is 12.8 Å². The van der Waals surface area contributed by atoms with Crippen LogP contribution in [0.4, 0.5) is 17.5 Å². The van der Waals surface area contributed by atoms with Crippen molar-refractivity contribution in [2.75, 3.05) is 10.6 Å². The van der Waals surface area contributed by atoms with Crippen LogP contribution in [0.25, 0.3) is 11.0 Å². The zero-order valence-corrected chi connectivity index (χ0v) is 19.0. The van der Waals surface area contributed by atoms with Crippen molar-refractivity contribution in [3.63, 3.8) is 0 Å². The molecule has 0 saturated heterocycles. The molecule has 1 fully saturated rings. The number of anilines is 3. The third kappa shape index (κ3) is 3.81. The lowest BCUT2D eigenvalue weighted by Gasteiger charge is -2.16. The Morgan fingerprint density at radius 2 is 1.88 bits per heavy atom. The molecule has 1 atom stereocenters. The lowest BCUT2D eigenvalue weighted by atomic mass is 10.2. The molecule has 32 heavy (non-hydrogen) atoms. The van der Waals surface area contributed by atoms with Gasteiger partial charge in [0.1, 0.15) is 5.82 Å². The van der Waals surface area contributed by atoms with Crippen LogP contribution in [0.3, 0.4) is 0 Å². The maximum Gasteiger partial charge on any atom is 0.269 e. The molecule has 0 aliphatic heterocycles. The number of hydrogen-bond acceptors (Lipinski definition) is 7. The smallest absolute Gasteiger partial charge is 0.269 e. The Balaban J connectivity index is 1.62. The van der Waals surface area contributed by atoms with Gasteiger partial charge in [0.05, 0.1) is 22.2 Å². The van der Waals surface area contributed by atoms with Gasteiger partial charge >= 0.3 is 0 Å². The number of hydrogen-bond donors (Lipinski definition) is 2. The zero-order valence-electron chi connectivity index (χ0n) is 18.1. The fraction of sp³-hybridized carbons (Fsp3) is 0.318. The molecule has 1 aliphatic rings. The molecule has 1 aliphatic carbocycles. The first-order valence-electron chi connectivity index (χ1n) is 10.5. The van der Waals surface area contributed by atoms with Crippen LogP contribution in [0.1, 0.15) is 25.3 Å². The molecule has 2 N–H and O–H groups in total. The second-order valence-corrected chi connectivity index (χ2v) is 10.2. The number of aromatic nitrogens is 5. The van der Waals surface area contributed by atoms with Gasteiger partial charge in [-0.3, -0.25) is 4.68 Å². The maximum absolute atomic E-state index is 13.4. The lowest BCUT2D eigenvalue weighted by molar-refractivity contribution is 0.589. The highest BCUT2D eigenvalue weighted by atomic mass is 32.2. The molecule has 0 amide bonds. The number of aryl methyl sites for hydroxylation is 2. The predicted molar refractivity (Wildman–Crippen MR) is 124 cm³/mol. The minimum Gasteiger partial charge on any atom is -0.367 e. The SMILES string of the molecule is Cc1ccc(S(=O)(=O)n2ccc3c(N[C@@H](C)C4CC4)nc(Nc4cnn(C)c4)nc32)cc1. The van der Waals surface area contributed by atoms with Crippen LogP contribution in [0.15, 0.2) is 53.8 Å². The summed E-state index contributed by atoms with van der Waals surface area (Å²) in [6.07, 6.45) is 7.37. The number of rotatable bonds is 7. The van der Waals surface area contributed by atoms with Gasteiger partial charge in [0.15, 0.2) is 5.65 Å². The van der Waals surface area contributed by atoms with Crippen molar-refractivity contribution < 1.29 is 8.42 Å². The number of nitrogens with zero attached hydrogens (tertiary/aromatic N) is 5. The first-order valence-corrected chi connectivity index (χ1v) is 12.0. The Morgan fingerprint density at radius 1 is 1.12 bits per heavy atom. The fourth-order valence-corrected chi connectivity index (χ4v) is 5.02. The summed E-state index contributed by atoms with van der Waals surface area (Å²) < 4.78 is 29.7. The first kappa shape index (κ1) is 20.5. The van der Waals surface area contributed by atoms with Crippen molar-refractivity contribution in [1.82, 2.24) is 23.7 Å². The van der Waals surface area contributed by atoms with E-state index in [9.17, 15) is 8.42 Å². The molecule has 5 rings (SSSR count). The Hall–Kier alpha value is -3.40. The molecule has 4 aromatic rings. The monoisotopic (exact) mass is 451 g/mol. The fourth-order valence-electron chi connectivity index (χ4n) is 3.72. The van der Waals surface area contributed by atoms with Crippen LogP contribution in [0.2, 0.25) is 0 Å². The Morgan fingerprint density at radius 3 is 2.53 bits per heavy atom. The van der Waals surface area contributed by atoms with Gasteiger partial charge in [-0.05, 0) is 50.8 Å². The number of benzene rings is 1. The third-order valence-electron chi connectivity index (χ3n) is 5.74. The summed E-state index contributed by atoms with van der Waals surface area (Å²) in [5.74, 6) is 1.52. The van der Waals surface area contributed by atoms with Gasteiger partial charge in [-0.15, -0.1) is 0 Å². The van der Waals surface area contributed by atoms with Gasteiger partial charge in [0.2, 0.25) is 5.95 Å². The van der Waals surface area contributed by atoms with Crippen molar-refractivity contribution >= 4 is 38.5 Å². The summed E-state index contributed by atoms with van der Waals surface area (Å²) in [4.78, 5) is 9.43. The minimum absolute atomic E-state index is 0.210. The molecule has 0 unspecified atom stereocenters. The summed E-state index contributed by atoms with van der Waals surface area (Å²) >= 11 is 0. The van der Waals surface area contributed by atoms with E-state index in [4.69, 9.17) is 0 Å². The highest BCUT2D eigenvalue weighted by Gasteiger charge is 2.29. The van der Waals surface area contributed by atoms with E-state index < -0.39 is 10.0 Å². The molecule has 0 radical (unpaired) electrons. The number of fused-ring (bicyclic) bond motifs is 1. The van der Waals surface area contributed by atoms with E-state index in [1.807, 2.05) is 14.0 Å². The summed E-state index contributed by atoms with van der Waals surface area (Å²) in [5, 5.41) is 11.4. The quantitative estimate of drug-likeness (QED) is 0.441. The van der Waals surface area contributed by atoms with Crippen molar-refractivity contribution in [3.8, 4) is 0 Å². The Bertz CT molecular complexity index is 1390. The minimum atomic E-state index is -3.82. The molecule has 0 bridgehead atoms. The molecule has 1 saturated carbocycles. The lowest BCUT2D eigenvalue weighted by Crippen LogP contribution is -2.19. The van der Waals surface area contributed by atoms with E-state index in [-0.39, 0.29) is 10.9 Å². The van der Waals surface area contributed by atoms with E-state index >= 15 is 0 Å². The van der Waals surface area contributed by atoms with Crippen LogP contribution in [-0.2, 0) is 17.1 Å². The van der Waals surface area contributed by atoms with Crippen LogP contribution >= 0.6 is 0 Å². The predicted octanol–water partition coefficient (Wildman–Crippen LogP) is 3.66. The normalized spacial score (nSPS) is 15.1. The standard InChI is InChI=1S/C22H25N7O2S/c1-14-4-8-18(9-5-14)32(30,31)29-11-10-19-20(24-15(2)16-6-7-16)26-22(27-21(19)29)25-17-12-23-28(3)13-17/h4-5,8-13,15-16H,6-7H2,1-3H3,(H2,24,25,26,27)/t15-/m0/s1. The van der Waals surface area contributed by atoms with Crippen molar-refractivity contribution in [2.45, 2.75) is 37.6 Å². The summed E-state index contributed by atoms with van der Waals surface area (Å²) in [5.41, 5.74) is 2.03. The summed E-state index contributed by atoms with van der Waals surface area (Å²) in [6.45, 7) is 4.05. The molecule has 0 spiro atoms. The number of nitrogens with one attached hydrogen (secondary N) is 2. The van der Waals surface area contributed by atoms with Gasteiger partial charge in [0.25, 0.3) is 10.0 Å². The molecule has 3 aromatic heterocycles. The molecular weight excluding hydrogens is 426 g/mol. The van der Waals surface area contributed by atoms with Crippen molar-refractivity contribution in [3.05, 3.63) is 54.5 Å². The first-order chi connectivity index (χ1) is 15.3. The molecule has 10 heteroatoms. The average Bonchev–Trinajstić information content (AvgIpc) is 3.39. The van der Waals surface area contributed by atoms with Gasteiger partial charge in [0, 0.05) is 25.5 Å². The zero-order chi connectivity index (χ0) is 22.5. The van der Waals surface area contributed by atoms with Crippen molar-refractivity contribution in [2.24, 2.45) is 13.0 Å². The van der Waals surface area contributed by atoms with E-state index in [1.165, 1.54) is 23.0 Å². The third-order valence-corrected chi connectivity index (χ3v) is 7.42. The van der Waals surface area contributed by atoms with E-state index in [2.05, 4.69) is 32.6 Å². The second-order valence-electron chi connectivity index (χ2n) is 8.36. The molecule has 9 nitrogen and oxygen atoms in total. The summed E-state index contributed by atoms with van der Waals surface area (Å²) in [6, 6.07) is 8.77. The maximum atomic E-state index is 13.4. The van der Waals surface area contributed by atoms with Crippen LogP contribution in [-0.4, -0.2) is 38.2 Å².